The van der Waals surface area contributed by atoms with Gasteiger partial charge in [-0.1, -0.05) is 103 Å². The van der Waals surface area contributed by atoms with Gasteiger partial charge in [0.25, 0.3) is 0 Å². The Morgan fingerprint density at radius 1 is 0.375 bits per heavy atom. The van der Waals surface area contributed by atoms with E-state index in [1.54, 1.807) is 0 Å². The normalized spacial score (nSPS) is 11.7. The van der Waals surface area contributed by atoms with Crippen LogP contribution in [0.25, 0.3) is 0 Å². The zero-order chi connectivity index (χ0) is 62.3. The third kappa shape index (κ3) is 21.6. The number of unbranched alkanes of at least 4 members (excludes halogenated alkanes) is 12. The van der Waals surface area contributed by atoms with Crippen molar-refractivity contribution in [3.63, 3.8) is 0 Å². The maximum Gasteiger partial charge on any atom is 0.323 e. The van der Waals surface area contributed by atoms with Gasteiger partial charge in [0.2, 0.25) is 0 Å². The maximum absolute atomic E-state index is 14.3. The van der Waals surface area contributed by atoms with Crippen LogP contribution in [0.4, 0.5) is 43.7 Å². The minimum absolute atomic E-state index is 0.345. The molecule has 0 heterocycles. The molecular weight excluding hydrogens is 1100 g/mol. The number of benzene rings is 6. The average Bonchev–Trinajstić information content (AvgIpc) is 2.47. The van der Waals surface area contributed by atoms with Gasteiger partial charge in [-0.05, 0) is 137 Å². The standard InChI is InChI=1S/C74H98N6O8/c1-7-13-19-25-33-83-67-31-27-29-63(51-67)77-73(81)79-65-47-57-39-53-43-61(75)45-55(69(53)85-35-21-15-9-3)41-59-49-66(80-74(82)78-64-30-28-32-68(52-64)84-34-26-20-14-8-2)50-60(72(59)88-38-24-18-12-6)42-56-46-62(76)44-54(70(56)86-36-22-16-10-4)40-58(48-65)71(57)87-37-23-17-11-5/h7-8,27-32,43-52H,1-2,9-26,33-42,75-76H2,3-6H3,(H2,77,79,81)(H2,78,80,82). The summed E-state index contributed by atoms with van der Waals surface area (Å²) in [5.74, 6) is 4.21. The molecule has 4 amide bonds. The summed E-state index contributed by atoms with van der Waals surface area (Å²) < 4.78 is 40.2. The third-order valence-electron chi connectivity index (χ3n) is 15.4. The number of fused-ring (bicyclic) bond motifs is 8. The van der Waals surface area contributed by atoms with Gasteiger partial charge in [0.05, 0.1) is 39.6 Å². The van der Waals surface area contributed by atoms with Gasteiger partial charge in [-0.15, -0.1) is 13.2 Å². The van der Waals surface area contributed by atoms with Crippen molar-refractivity contribution in [1.29, 1.82) is 0 Å². The summed E-state index contributed by atoms with van der Waals surface area (Å²) in [6.45, 7) is 19.5. The Morgan fingerprint density at radius 3 is 0.943 bits per heavy atom. The zero-order valence-electron chi connectivity index (χ0n) is 53.0. The quantitative estimate of drug-likeness (QED) is 0.0125. The van der Waals surface area contributed by atoms with E-state index in [0.29, 0.717) is 122 Å². The van der Waals surface area contributed by atoms with Gasteiger partial charge in [-0.25, -0.2) is 9.59 Å². The lowest BCUT2D eigenvalue weighted by molar-refractivity contribution is 0.261. The molecule has 0 saturated carbocycles. The molecule has 0 saturated heterocycles. The molecule has 0 radical (unpaired) electrons. The lowest BCUT2D eigenvalue weighted by Crippen LogP contribution is -2.20. The summed E-state index contributed by atoms with van der Waals surface area (Å²) >= 11 is 0. The number of carbonyl (C=O) groups is 2. The molecule has 0 aliphatic heterocycles. The number of hydrogen-bond acceptors (Lipinski definition) is 10. The molecule has 1 aliphatic carbocycles. The van der Waals surface area contributed by atoms with Crippen LogP contribution in [0.1, 0.15) is 188 Å². The number of nitrogens with one attached hydrogen (secondary N) is 4. The molecule has 14 heteroatoms. The number of rotatable bonds is 36. The molecule has 0 spiro atoms. The van der Waals surface area contributed by atoms with Crippen molar-refractivity contribution >= 4 is 46.2 Å². The summed E-state index contributed by atoms with van der Waals surface area (Å²) in [7, 11) is 0. The Kier molecular flexibility index (Phi) is 28.1. The van der Waals surface area contributed by atoms with Gasteiger partial charge in [-0.2, -0.15) is 0 Å². The minimum Gasteiger partial charge on any atom is -0.494 e. The van der Waals surface area contributed by atoms with Crippen LogP contribution in [0.5, 0.6) is 34.5 Å². The Labute approximate surface area is 524 Å². The van der Waals surface area contributed by atoms with E-state index in [-0.39, 0.29) is 0 Å². The molecule has 0 aromatic heterocycles. The van der Waals surface area contributed by atoms with E-state index < -0.39 is 12.1 Å². The molecule has 1 aliphatic rings. The molecule has 0 unspecified atom stereocenters. The number of amides is 4. The number of allylic oxidation sites excluding steroid dienone is 2. The SMILES string of the molecule is C=CCCCCOc1cccc(NC(=O)Nc2cc3c(OCCCCC)c(c2)Cc2cc(N)cc(c2OCCCCC)Cc2cc(NC(=O)Nc4cccc(OCCCCC=C)c4)cc(c2OCCCCC)Cc2cc(N)cc(c2OCCCCC)C3)c1. The zero-order valence-corrected chi connectivity index (χ0v) is 53.0. The molecule has 88 heavy (non-hydrogen) atoms. The summed E-state index contributed by atoms with van der Waals surface area (Å²) in [5, 5.41) is 12.5. The highest BCUT2D eigenvalue weighted by atomic mass is 16.5. The molecule has 8 bridgehead atoms. The second kappa shape index (κ2) is 36.8. The number of ether oxygens (including phenoxy) is 6. The first-order valence-electron chi connectivity index (χ1n) is 32.5. The lowest BCUT2D eigenvalue weighted by atomic mass is 9.90. The third-order valence-corrected chi connectivity index (χ3v) is 15.4. The highest BCUT2D eigenvalue weighted by molar-refractivity contribution is 6.01. The predicted octanol–water partition coefficient (Wildman–Crippen LogP) is 18.6. The number of anilines is 6. The molecule has 472 valence electrons. The molecule has 0 atom stereocenters. The number of nitrogens with two attached hydrogens (primary N) is 2. The minimum atomic E-state index is -0.416. The fraction of sp³-hybridized carbons (Fsp3) is 0.432. The largest absolute Gasteiger partial charge is 0.494 e. The van der Waals surface area contributed by atoms with Crippen LogP contribution >= 0.6 is 0 Å². The fourth-order valence-electron chi connectivity index (χ4n) is 11.0. The molecule has 6 aromatic carbocycles. The van der Waals surface area contributed by atoms with Gasteiger partial charge in [0.15, 0.2) is 0 Å². The van der Waals surface area contributed by atoms with E-state index >= 15 is 0 Å². The smallest absolute Gasteiger partial charge is 0.323 e. The van der Waals surface area contributed by atoms with Crippen LogP contribution in [0.2, 0.25) is 0 Å². The van der Waals surface area contributed by atoms with Gasteiger partial charge in [0, 0.05) is 116 Å². The van der Waals surface area contributed by atoms with Crippen LogP contribution in [-0.2, 0) is 25.7 Å². The van der Waals surface area contributed by atoms with Gasteiger partial charge < -0.3 is 61.2 Å². The summed E-state index contributed by atoms with van der Waals surface area (Å²) in [4.78, 5) is 28.5. The first kappa shape index (κ1) is 67.3. The first-order valence-corrected chi connectivity index (χ1v) is 32.5. The summed E-state index contributed by atoms with van der Waals surface area (Å²) in [6, 6.07) is 30.1. The number of carbonyl (C=O) groups excluding carboxylic acids is 2. The summed E-state index contributed by atoms with van der Waals surface area (Å²) in [5.41, 5.74) is 24.3. The molecule has 6 aromatic rings. The highest BCUT2D eigenvalue weighted by Gasteiger charge is 2.25. The lowest BCUT2D eigenvalue weighted by Gasteiger charge is -2.25. The molecule has 14 nitrogen and oxygen atoms in total. The molecular formula is C74H98N6O8. The average molecular weight is 1200 g/mol. The van der Waals surface area contributed by atoms with Crippen molar-refractivity contribution in [2.45, 2.75) is 169 Å². The van der Waals surface area contributed by atoms with Gasteiger partial charge in [0.1, 0.15) is 34.5 Å². The van der Waals surface area contributed by atoms with Gasteiger partial charge in [-0.3, -0.25) is 0 Å². The number of hydrogen-bond donors (Lipinski definition) is 6. The molecule has 0 fully saturated rings. The highest BCUT2D eigenvalue weighted by Crippen LogP contribution is 2.43. The van der Waals surface area contributed by atoms with Crippen molar-refractivity contribution in [3.05, 3.63) is 167 Å². The van der Waals surface area contributed by atoms with E-state index in [0.717, 1.165) is 172 Å². The van der Waals surface area contributed by atoms with Crippen LogP contribution in [0, 0.1) is 0 Å². The van der Waals surface area contributed by atoms with Crippen molar-refractivity contribution in [3.8, 4) is 34.5 Å². The van der Waals surface area contributed by atoms with Crippen LogP contribution in [-0.4, -0.2) is 51.7 Å². The van der Waals surface area contributed by atoms with E-state index in [1.807, 2.05) is 109 Å². The Balaban J connectivity index is 1.39. The second-order valence-electron chi connectivity index (χ2n) is 23.0. The van der Waals surface area contributed by atoms with Gasteiger partial charge >= 0.3 is 12.1 Å². The van der Waals surface area contributed by atoms with E-state index in [1.165, 1.54) is 0 Å². The topological polar surface area (TPSA) is 190 Å². The Bertz CT molecular complexity index is 2890. The van der Waals surface area contributed by atoms with E-state index in [2.05, 4.69) is 62.1 Å². The summed E-state index contributed by atoms with van der Waals surface area (Å²) in [6.07, 6.45) is 22.4. The van der Waals surface area contributed by atoms with Crippen molar-refractivity contribution in [2.75, 3.05) is 72.4 Å². The second-order valence-corrected chi connectivity index (χ2v) is 23.0. The van der Waals surface area contributed by atoms with E-state index in [9.17, 15) is 9.59 Å². The molecule has 7 rings (SSSR count). The first-order chi connectivity index (χ1) is 43.0. The van der Waals surface area contributed by atoms with Crippen molar-refractivity contribution < 1.29 is 38.0 Å². The van der Waals surface area contributed by atoms with Crippen LogP contribution < -0.4 is 61.2 Å². The number of urea groups is 2. The maximum atomic E-state index is 14.3. The monoisotopic (exact) mass is 1200 g/mol. The van der Waals surface area contributed by atoms with Crippen molar-refractivity contribution in [1.82, 2.24) is 0 Å². The number of nitrogen functional groups attached to an aromatic ring is 2. The van der Waals surface area contributed by atoms with Crippen LogP contribution in [0.3, 0.4) is 0 Å². The van der Waals surface area contributed by atoms with Crippen LogP contribution in [0.15, 0.2) is 122 Å². The van der Waals surface area contributed by atoms with Crippen molar-refractivity contribution in [2.24, 2.45) is 0 Å². The molecule has 8 N–H and O–H groups in total. The predicted molar refractivity (Wildman–Crippen MR) is 363 cm³/mol. The van der Waals surface area contributed by atoms with E-state index in [4.69, 9.17) is 39.9 Å². The Hall–Kier alpha value is -8.26. The Morgan fingerprint density at radius 2 is 0.648 bits per heavy atom. The fourth-order valence-corrected chi connectivity index (χ4v) is 11.0.